The second-order valence-corrected chi connectivity index (χ2v) is 6.02. The molecule has 2 aromatic carbocycles. The van der Waals surface area contributed by atoms with Crippen LogP contribution in [0, 0.1) is 13.8 Å². The van der Waals surface area contributed by atoms with E-state index in [1.54, 1.807) is 0 Å². The Morgan fingerprint density at radius 3 is 2.48 bits per heavy atom. The molecular weight excluding hydrogens is 334 g/mol. The topological polar surface area (TPSA) is 88.5 Å². The second kappa shape index (κ2) is 6.82. The van der Waals surface area contributed by atoms with E-state index in [2.05, 4.69) is 15.3 Å². The Morgan fingerprint density at radius 2 is 1.80 bits per heavy atom. The summed E-state index contributed by atoms with van der Waals surface area (Å²) in [6.07, 6.45) is 0. The summed E-state index contributed by atoms with van der Waals surface area (Å²) in [5.41, 5.74) is 9.50. The average molecular weight is 351 g/mol. The predicted molar refractivity (Wildman–Crippen MR) is 103 cm³/mol. The summed E-state index contributed by atoms with van der Waals surface area (Å²) in [4.78, 5) is 12.6. The Kier molecular flexibility index (Phi) is 4.58. The number of thiocarbonyl (C=S) groups is 1. The molecule has 0 aliphatic carbocycles. The Bertz CT molecular complexity index is 1020. The number of hydrogen-bond donors (Lipinski definition) is 2. The molecule has 7 heteroatoms. The number of aromatic amines is 1. The molecule has 0 saturated heterocycles. The van der Waals surface area contributed by atoms with Gasteiger partial charge in [-0.15, -0.1) is 5.11 Å². The van der Waals surface area contributed by atoms with Gasteiger partial charge in [0.25, 0.3) is 0 Å². The van der Waals surface area contributed by atoms with Gasteiger partial charge in [0.15, 0.2) is 10.8 Å². The van der Waals surface area contributed by atoms with Gasteiger partial charge in [0, 0.05) is 5.56 Å². The Balaban J connectivity index is 2.15. The van der Waals surface area contributed by atoms with Crippen molar-refractivity contribution < 1.29 is 0 Å². The monoisotopic (exact) mass is 351 g/mol. The quantitative estimate of drug-likeness (QED) is 0.553. The number of azo groups is 1. The van der Waals surface area contributed by atoms with Crippen LogP contribution in [0.4, 0.5) is 11.4 Å². The zero-order chi connectivity index (χ0) is 18.0. The molecule has 0 unspecified atom stereocenters. The minimum Gasteiger partial charge on any atom is -0.374 e. The van der Waals surface area contributed by atoms with Crippen molar-refractivity contribution in [1.29, 1.82) is 0 Å². The first-order valence-electron chi connectivity index (χ1n) is 7.67. The van der Waals surface area contributed by atoms with E-state index in [9.17, 15) is 4.79 Å². The van der Waals surface area contributed by atoms with Crippen LogP contribution in [0.5, 0.6) is 0 Å². The summed E-state index contributed by atoms with van der Waals surface area (Å²) in [6, 6.07) is 15.1. The molecule has 1 heterocycles. The van der Waals surface area contributed by atoms with Gasteiger partial charge in [-0.25, -0.2) is 0 Å². The maximum Gasteiger partial charge on any atom is 0.301 e. The van der Waals surface area contributed by atoms with Gasteiger partial charge in [-0.3, -0.25) is 9.89 Å². The number of nitrogens with one attached hydrogen (secondary N) is 1. The number of nitrogens with zero attached hydrogens (tertiary/aromatic N) is 3. The standard InChI is InChI=1S/C18H17N5OS/c1-11-7-6-10-14(12(11)2)20-21-16-15(13-8-4-3-5-9-13)22-23(17(16)24)18(19)25/h3-10,22H,1-2H3,(H2,19,25). The fourth-order valence-corrected chi connectivity index (χ4v) is 2.56. The number of aryl methyl sites for hydroxylation is 1. The molecule has 0 amide bonds. The SMILES string of the molecule is Cc1cccc(N=Nc2c(-c3ccccc3)[nH]n(C(N)=S)c2=O)c1C. The first-order chi connectivity index (χ1) is 12.0. The van der Waals surface area contributed by atoms with Crippen molar-refractivity contribution in [3.8, 4) is 11.3 Å². The number of benzene rings is 2. The van der Waals surface area contributed by atoms with E-state index in [1.165, 1.54) is 0 Å². The molecule has 0 spiro atoms. The molecule has 0 atom stereocenters. The molecule has 0 saturated carbocycles. The van der Waals surface area contributed by atoms with Gasteiger partial charge in [0.2, 0.25) is 0 Å². The van der Waals surface area contributed by atoms with Gasteiger partial charge in [0.1, 0.15) is 0 Å². The van der Waals surface area contributed by atoms with E-state index in [1.807, 2.05) is 62.4 Å². The molecule has 126 valence electrons. The smallest absolute Gasteiger partial charge is 0.301 e. The van der Waals surface area contributed by atoms with E-state index in [-0.39, 0.29) is 10.8 Å². The molecule has 3 rings (SSSR count). The first kappa shape index (κ1) is 16.8. The molecule has 25 heavy (non-hydrogen) atoms. The minimum atomic E-state index is -0.430. The van der Waals surface area contributed by atoms with Crippen LogP contribution in [-0.4, -0.2) is 14.9 Å². The molecule has 0 aliphatic rings. The maximum absolute atomic E-state index is 12.6. The van der Waals surface area contributed by atoms with Crippen molar-refractivity contribution in [2.75, 3.05) is 0 Å². The molecule has 3 N–H and O–H groups in total. The van der Waals surface area contributed by atoms with Crippen LogP contribution in [0.15, 0.2) is 63.6 Å². The van der Waals surface area contributed by atoms with Crippen molar-refractivity contribution in [3.63, 3.8) is 0 Å². The predicted octanol–water partition coefficient (Wildman–Crippen LogP) is 3.97. The van der Waals surface area contributed by atoms with E-state index < -0.39 is 5.56 Å². The van der Waals surface area contributed by atoms with Gasteiger partial charge in [-0.2, -0.15) is 9.80 Å². The van der Waals surface area contributed by atoms with Crippen molar-refractivity contribution in [3.05, 3.63) is 70.0 Å². The number of hydrogen-bond acceptors (Lipinski definition) is 4. The van der Waals surface area contributed by atoms with Crippen LogP contribution >= 0.6 is 12.2 Å². The molecule has 1 aromatic heterocycles. The summed E-state index contributed by atoms with van der Waals surface area (Å²) in [5, 5.41) is 11.3. The van der Waals surface area contributed by atoms with Crippen molar-refractivity contribution in [2.24, 2.45) is 16.0 Å². The highest BCUT2D eigenvalue weighted by Gasteiger charge is 2.17. The maximum atomic E-state index is 12.6. The third kappa shape index (κ3) is 3.27. The van der Waals surface area contributed by atoms with Crippen LogP contribution in [-0.2, 0) is 0 Å². The molecule has 0 radical (unpaired) electrons. The summed E-state index contributed by atoms with van der Waals surface area (Å²) < 4.78 is 1.09. The highest BCUT2D eigenvalue weighted by Crippen LogP contribution is 2.28. The van der Waals surface area contributed by atoms with E-state index >= 15 is 0 Å². The Hall–Kier alpha value is -3.06. The average Bonchev–Trinajstić information content (AvgIpc) is 2.94. The molecule has 0 aliphatic heterocycles. The van der Waals surface area contributed by atoms with Crippen LogP contribution < -0.4 is 11.3 Å². The van der Waals surface area contributed by atoms with E-state index in [4.69, 9.17) is 18.0 Å². The fourth-order valence-electron chi connectivity index (χ4n) is 2.43. The normalized spacial score (nSPS) is 11.1. The van der Waals surface area contributed by atoms with Crippen molar-refractivity contribution in [1.82, 2.24) is 9.78 Å². The summed E-state index contributed by atoms with van der Waals surface area (Å²) in [5.74, 6) is 0. The summed E-state index contributed by atoms with van der Waals surface area (Å²) >= 11 is 4.93. The van der Waals surface area contributed by atoms with Gasteiger partial charge in [0.05, 0.1) is 11.4 Å². The highest BCUT2D eigenvalue weighted by atomic mass is 32.1. The number of nitrogens with two attached hydrogens (primary N) is 1. The third-order valence-electron chi connectivity index (χ3n) is 3.98. The van der Waals surface area contributed by atoms with Crippen LogP contribution in [0.3, 0.4) is 0 Å². The lowest BCUT2D eigenvalue weighted by Crippen LogP contribution is -2.29. The first-order valence-corrected chi connectivity index (χ1v) is 8.08. The molecule has 6 nitrogen and oxygen atoms in total. The van der Waals surface area contributed by atoms with Gasteiger partial charge in [-0.05, 0) is 43.3 Å². The fraction of sp³-hybridized carbons (Fsp3) is 0.111. The van der Waals surface area contributed by atoms with Crippen LogP contribution in [0.2, 0.25) is 0 Å². The minimum absolute atomic E-state index is 0.0737. The number of H-pyrrole nitrogens is 1. The summed E-state index contributed by atoms with van der Waals surface area (Å²) in [7, 11) is 0. The molecular formula is C18H17N5OS. The Morgan fingerprint density at radius 1 is 1.08 bits per heavy atom. The van der Waals surface area contributed by atoms with Crippen LogP contribution in [0.25, 0.3) is 11.3 Å². The molecule has 3 aromatic rings. The van der Waals surface area contributed by atoms with E-state index in [0.29, 0.717) is 11.4 Å². The number of rotatable bonds is 3. The van der Waals surface area contributed by atoms with Gasteiger partial charge in [-0.1, -0.05) is 42.5 Å². The highest BCUT2D eigenvalue weighted by molar-refractivity contribution is 7.80. The molecule has 0 fully saturated rings. The van der Waals surface area contributed by atoms with Crippen molar-refractivity contribution >= 4 is 28.7 Å². The second-order valence-electron chi connectivity index (χ2n) is 5.60. The lowest BCUT2D eigenvalue weighted by atomic mass is 10.1. The zero-order valence-electron chi connectivity index (χ0n) is 13.9. The van der Waals surface area contributed by atoms with Gasteiger partial charge < -0.3 is 5.73 Å². The van der Waals surface area contributed by atoms with Crippen LogP contribution in [0.1, 0.15) is 11.1 Å². The van der Waals surface area contributed by atoms with Gasteiger partial charge >= 0.3 is 5.56 Å². The molecule has 0 bridgehead atoms. The zero-order valence-corrected chi connectivity index (χ0v) is 14.7. The van der Waals surface area contributed by atoms with E-state index in [0.717, 1.165) is 21.4 Å². The third-order valence-corrected chi connectivity index (χ3v) is 4.17. The Labute approximate surface area is 150 Å². The lowest BCUT2D eigenvalue weighted by Gasteiger charge is -2.02. The lowest BCUT2D eigenvalue weighted by molar-refractivity contribution is 0.910. The largest absolute Gasteiger partial charge is 0.374 e. The summed E-state index contributed by atoms with van der Waals surface area (Å²) in [6.45, 7) is 3.96. The van der Waals surface area contributed by atoms with Crippen molar-refractivity contribution in [2.45, 2.75) is 13.8 Å². The number of aromatic nitrogens is 2.